The third kappa shape index (κ3) is 4.79. The first kappa shape index (κ1) is 26.8. The van der Waals surface area contributed by atoms with Crippen molar-refractivity contribution in [2.24, 2.45) is 0 Å². The molecule has 0 saturated carbocycles. The molecule has 198 valence electrons. The van der Waals surface area contributed by atoms with Gasteiger partial charge in [-0.25, -0.2) is 0 Å². The van der Waals surface area contributed by atoms with Gasteiger partial charge in [0.2, 0.25) is 0 Å². The number of aromatic nitrogens is 3. The summed E-state index contributed by atoms with van der Waals surface area (Å²) in [7, 11) is 0. The monoisotopic (exact) mass is 691 g/mol. The summed E-state index contributed by atoms with van der Waals surface area (Å²) >= 11 is 0. The molecule has 0 amide bonds. The normalized spacial score (nSPS) is 11.4. The Bertz CT molecular complexity index is 1780. The maximum Gasteiger partial charge on any atom is 0.141 e. The number of nitrogens with zero attached hydrogens (tertiary/aromatic N) is 3. The summed E-state index contributed by atoms with van der Waals surface area (Å²) in [5.41, 5.74) is 8.91. The average molecular weight is 692 g/mol. The second kappa shape index (κ2) is 10.8. The predicted octanol–water partition coefficient (Wildman–Crippen LogP) is 8.66. The van der Waals surface area contributed by atoms with E-state index >= 15 is 0 Å². The van der Waals surface area contributed by atoms with Crippen LogP contribution in [0, 0.1) is 6.07 Å². The average Bonchev–Trinajstić information content (AvgIpc) is 3.32. The van der Waals surface area contributed by atoms with E-state index in [1.807, 2.05) is 42.5 Å². The third-order valence-electron chi connectivity index (χ3n) is 7.14. The summed E-state index contributed by atoms with van der Waals surface area (Å²) in [6.45, 7) is 8.98. The maximum atomic E-state index is 10.4. The Morgan fingerprint density at radius 1 is 0.692 bits per heavy atom. The number of benzene rings is 4. The van der Waals surface area contributed by atoms with Gasteiger partial charge in [-0.2, -0.15) is 0 Å². The Morgan fingerprint density at radius 2 is 1.36 bits per heavy atom. The fourth-order valence-corrected chi connectivity index (χ4v) is 5.23. The number of phenols is 1. The smallest absolute Gasteiger partial charge is 0.141 e. The van der Waals surface area contributed by atoms with E-state index < -0.39 is 0 Å². The van der Waals surface area contributed by atoms with Gasteiger partial charge in [-0.15, -0.1) is 24.3 Å². The molecule has 0 unspecified atom stereocenters. The molecule has 0 aliphatic heterocycles. The van der Waals surface area contributed by atoms with Gasteiger partial charge in [0.25, 0.3) is 0 Å². The zero-order chi connectivity index (χ0) is 26.4. The van der Waals surface area contributed by atoms with Crippen molar-refractivity contribution >= 4 is 21.9 Å². The van der Waals surface area contributed by atoms with Gasteiger partial charge in [-0.1, -0.05) is 93.4 Å². The molecule has 4 nitrogen and oxygen atoms in total. The summed E-state index contributed by atoms with van der Waals surface area (Å²) in [6, 6.07) is 34.1. The topological polar surface area (TPSA) is 50.9 Å². The van der Waals surface area contributed by atoms with Crippen molar-refractivity contribution in [3.63, 3.8) is 0 Å². The van der Waals surface area contributed by atoms with Crippen LogP contribution in [0.4, 0.5) is 0 Å². The van der Waals surface area contributed by atoms with Crippen LogP contribution in [0.2, 0.25) is 0 Å². The molecular weight excluding hydrogens is 661 g/mol. The Labute approximate surface area is 243 Å². The maximum absolute atomic E-state index is 10.4. The second-order valence-corrected chi connectivity index (χ2v) is 10.4. The Morgan fingerprint density at radius 3 is 2.10 bits per heavy atom. The number of phenolic OH excluding ortho intramolecular Hbond substituents is 1. The van der Waals surface area contributed by atoms with Crippen LogP contribution in [-0.2, 0) is 21.1 Å². The molecule has 2 heterocycles. The number of aromatic hydroxyl groups is 1. The Hall–Kier alpha value is -3.75. The predicted molar refractivity (Wildman–Crippen MR) is 156 cm³/mol. The van der Waals surface area contributed by atoms with Crippen LogP contribution in [0.1, 0.15) is 50.7 Å². The minimum Gasteiger partial charge on any atom is -0.506 e. The van der Waals surface area contributed by atoms with Crippen LogP contribution >= 0.6 is 0 Å². The van der Waals surface area contributed by atoms with E-state index in [1.54, 1.807) is 6.07 Å². The van der Waals surface area contributed by atoms with E-state index in [0.717, 1.165) is 39.1 Å². The molecule has 2 aromatic heterocycles. The van der Waals surface area contributed by atoms with Gasteiger partial charge >= 0.3 is 0 Å². The molecule has 6 rings (SSSR count). The van der Waals surface area contributed by atoms with E-state index in [-0.39, 0.29) is 26.8 Å². The number of hydrogen-bond donors (Lipinski definition) is 1. The summed E-state index contributed by atoms with van der Waals surface area (Å²) in [4.78, 5) is 9.90. The van der Waals surface area contributed by atoms with E-state index in [0.29, 0.717) is 17.4 Å². The summed E-state index contributed by atoms with van der Waals surface area (Å²) in [6.07, 6.45) is 0. The van der Waals surface area contributed by atoms with E-state index in [4.69, 9.17) is 9.97 Å². The van der Waals surface area contributed by atoms with Crippen molar-refractivity contribution < 1.29 is 26.2 Å². The molecule has 0 bridgehead atoms. The van der Waals surface area contributed by atoms with Crippen LogP contribution in [0.25, 0.3) is 50.3 Å². The first-order chi connectivity index (χ1) is 18.4. The zero-order valence-electron chi connectivity index (χ0n) is 22.4. The molecule has 6 aromatic rings. The molecule has 39 heavy (non-hydrogen) atoms. The number of para-hydroxylation sites is 4. The van der Waals surface area contributed by atoms with Crippen LogP contribution in [0.15, 0.2) is 91.0 Å². The zero-order valence-corrected chi connectivity index (χ0v) is 24.7. The van der Waals surface area contributed by atoms with Gasteiger partial charge in [0, 0.05) is 37.8 Å². The third-order valence-corrected chi connectivity index (χ3v) is 7.14. The molecule has 0 aliphatic rings. The summed E-state index contributed by atoms with van der Waals surface area (Å²) in [5, 5.41) is 11.3. The van der Waals surface area contributed by atoms with Crippen molar-refractivity contribution in [1.82, 2.24) is 14.5 Å². The van der Waals surface area contributed by atoms with Gasteiger partial charge < -0.3 is 9.67 Å². The van der Waals surface area contributed by atoms with Crippen molar-refractivity contribution in [2.75, 3.05) is 0 Å². The first-order valence-corrected chi connectivity index (χ1v) is 13.1. The molecular formula is C34H30N3OPt-. The molecule has 0 saturated heterocycles. The van der Waals surface area contributed by atoms with Crippen LogP contribution in [-0.4, -0.2) is 19.6 Å². The summed E-state index contributed by atoms with van der Waals surface area (Å²) < 4.78 is 2.31. The molecule has 5 heteroatoms. The van der Waals surface area contributed by atoms with Gasteiger partial charge in [0.05, 0.1) is 16.9 Å². The van der Waals surface area contributed by atoms with Crippen molar-refractivity contribution in [3.05, 3.63) is 108 Å². The Kier molecular flexibility index (Phi) is 7.42. The largest absolute Gasteiger partial charge is 0.506 e. The van der Waals surface area contributed by atoms with Gasteiger partial charge in [0.1, 0.15) is 11.3 Å². The number of pyridine rings is 1. The SMILES string of the molecule is CC(C)c1cccc(C(C)C)c1-n1c(-c2[c-]c(-c3ccc4cccc(O)c4n3)ccc2)nc2ccccc21.[Pt]. The molecule has 1 N–H and O–H groups in total. The quantitative estimate of drug-likeness (QED) is 0.184. The van der Waals surface area contributed by atoms with Crippen LogP contribution < -0.4 is 0 Å². The van der Waals surface area contributed by atoms with Crippen molar-refractivity contribution in [3.8, 4) is 34.1 Å². The van der Waals surface area contributed by atoms with Gasteiger partial charge in [-0.3, -0.25) is 9.97 Å². The number of hydrogen-bond acceptors (Lipinski definition) is 3. The second-order valence-electron chi connectivity index (χ2n) is 10.4. The summed E-state index contributed by atoms with van der Waals surface area (Å²) in [5.74, 6) is 1.73. The minimum absolute atomic E-state index is 0. The molecule has 0 radical (unpaired) electrons. The van der Waals surface area contributed by atoms with Crippen LogP contribution in [0.5, 0.6) is 5.75 Å². The molecule has 0 fully saturated rings. The van der Waals surface area contributed by atoms with Gasteiger partial charge in [0.15, 0.2) is 0 Å². The Balaban J connectivity index is 0.00000308. The van der Waals surface area contributed by atoms with Crippen molar-refractivity contribution in [2.45, 2.75) is 39.5 Å². The van der Waals surface area contributed by atoms with E-state index in [2.05, 4.69) is 80.8 Å². The number of fused-ring (bicyclic) bond motifs is 2. The first-order valence-electron chi connectivity index (χ1n) is 13.1. The van der Waals surface area contributed by atoms with Gasteiger partial charge in [-0.05, 0) is 41.2 Å². The molecule has 0 spiro atoms. The van der Waals surface area contributed by atoms with E-state index in [1.165, 1.54) is 16.8 Å². The standard InChI is InChI=1S/C34H30N3O.Pt/c1-21(2)26-13-9-14-27(22(3)4)33(26)37-30-16-6-5-15-29(30)36-34(37)25-12-7-11-24(20-25)28-19-18-23-10-8-17-31(38)32(23)35-28;/h5-19,21-22,38H,1-4H3;/q-1;. The van der Waals surface area contributed by atoms with Crippen LogP contribution in [0.3, 0.4) is 0 Å². The number of rotatable bonds is 5. The minimum atomic E-state index is 0. The molecule has 0 aliphatic carbocycles. The fraction of sp³-hybridized carbons (Fsp3) is 0.176. The van der Waals surface area contributed by atoms with Crippen molar-refractivity contribution in [1.29, 1.82) is 0 Å². The number of imidazole rings is 1. The fourth-order valence-electron chi connectivity index (χ4n) is 5.23. The van der Waals surface area contributed by atoms with E-state index in [9.17, 15) is 5.11 Å². The molecule has 4 aromatic carbocycles. The molecule has 0 atom stereocenters.